The van der Waals surface area contributed by atoms with Crippen LogP contribution in [0.3, 0.4) is 0 Å². The maximum Gasteiger partial charge on any atom is 0.253 e. The van der Waals surface area contributed by atoms with Gasteiger partial charge in [0.05, 0.1) is 17.3 Å². The first kappa shape index (κ1) is 21.7. The number of carbonyl (C=O) groups is 1. The van der Waals surface area contributed by atoms with Crippen molar-refractivity contribution in [2.45, 2.75) is 31.6 Å². The van der Waals surface area contributed by atoms with Gasteiger partial charge in [0.1, 0.15) is 5.82 Å². The molecule has 7 heteroatoms. The zero-order valence-electron chi connectivity index (χ0n) is 18.5. The molecule has 0 saturated carbocycles. The monoisotopic (exact) mass is 460 g/mol. The van der Waals surface area contributed by atoms with Crippen LogP contribution in [0.4, 0.5) is 0 Å². The Bertz CT molecular complexity index is 1220. The molecule has 2 aliphatic heterocycles. The van der Waals surface area contributed by atoms with Crippen LogP contribution in [0.2, 0.25) is 5.15 Å². The summed E-state index contributed by atoms with van der Waals surface area (Å²) < 4.78 is 5.46. The van der Waals surface area contributed by atoms with E-state index in [0.717, 1.165) is 54.3 Å². The summed E-state index contributed by atoms with van der Waals surface area (Å²) in [6, 6.07) is 15.5. The van der Waals surface area contributed by atoms with Crippen LogP contribution in [0.15, 0.2) is 42.5 Å². The number of likely N-dealkylation sites (tertiary alicyclic amines) is 1. The quantitative estimate of drug-likeness (QED) is 0.591. The van der Waals surface area contributed by atoms with Gasteiger partial charge in [-0.15, -0.1) is 0 Å². The van der Waals surface area contributed by atoms with E-state index < -0.39 is 0 Å². The molecule has 33 heavy (non-hydrogen) atoms. The number of ether oxygens (including phenoxy) is 1. The first-order valence-corrected chi connectivity index (χ1v) is 11.6. The number of aryl methyl sites for hydroxylation is 1. The molecule has 0 spiro atoms. The lowest BCUT2D eigenvalue weighted by molar-refractivity contribution is 0.0602. The molecule has 1 amide bonds. The van der Waals surface area contributed by atoms with Crippen LogP contribution in [0.5, 0.6) is 0 Å². The Hall–Kier alpha value is -3.14. The zero-order chi connectivity index (χ0) is 22.9. The first-order valence-electron chi connectivity index (χ1n) is 11.3. The SMILES string of the molecule is Cc1ccc(C(=O)N2CC(c3ccc(C#N)cc3)C2)cc1-c1[nH]c(C2CCOCC2)nc1Cl. The van der Waals surface area contributed by atoms with Crippen molar-refractivity contribution in [1.82, 2.24) is 14.9 Å². The number of nitriles is 1. The fourth-order valence-electron chi connectivity index (χ4n) is 4.60. The Kier molecular flexibility index (Phi) is 5.92. The summed E-state index contributed by atoms with van der Waals surface area (Å²) in [4.78, 5) is 23.0. The number of aromatic nitrogens is 2. The van der Waals surface area contributed by atoms with Crippen LogP contribution in [0, 0.1) is 18.3 Å². The Morgan fingerprint density at radius 2 is 1.88 bits per heavy atom. The maximum absolute atomic E-state index is 13.1. The molecule has 0 radical (unpaired) electrons. The third-order valence-corrected chi connectivity index (χ3v) is 6.99. The predicted molar refractivity (Wildman–Crippen MR) is 126 cm³/mol. The Balaban J connectivity index is 1.32. The van der Waals surface area contributed by atoms with E-state index in [1.165, 1.54) is 0 Å². The highest BCUT2D eigenvalue weighted by Gasteiger charge is 2.32. The summed E-state index contributed by atoms with van der Waals surface area (Å²) in [5, 5.41) is 9.40. The number of hydrogen-bond donors (Lipinski definition) is 1. The molecule has 168 valence electrons. The molecule has 2 saturated heterocycles. The molecule has 5 rings (SSSR count). The minimum Gasteiger partial charge on any atom is -0.381 e. The highest BCUT2D eigenvalue weighted by molar-refractivity contribution is 6.32. The third-order valence-electron chi connectivity index (χ3n) is 6.72. The number of imidazole rings is 1. The number of aromatic amines is 1. The summed E-state index contributed by atoms with van der Waals surface area (Å²) in [7, 11) is 0. The van der Waals surface area contributed by atoms with Crippen molar-refractivity contribution < 1.29 is 9.53 Å². The molecular formula is C26H25ClN4O2. The lowest BCUT2D eigenvalue weighted by Gasteiger charge is -2.39. The number of carbonyl (C=O) groups excluding carboxylic acids is 1. The fraction of sp³-hybridized carbons (Fsp3) is 0.346. The minimum atomic E-state index is 0.0152. The highest BCUT2D eigenvalue weighted by atomic mass is 35.5. The maximum atomic E-state index is 13.1. The molecule has 2 aromatic carbocycles. The molecule has 0 atom stereocenters. The van der Waals surface area contributed by atoms with Crippen molar-refractivity contribution in [2.24, 2.45) is 0 Å². The standard InChI is InChI=1S/C26H25ClN4O2/c1-16-2-5-20(26(32)31-14-21(15-31)18-6-3-17(13-28)4-7-18)12-22(16)23-24(27)30-25(29-23)19-8-10-33-11-9-19/h2-7,12,19,21H,8-11,14-15H2,1H3,(H,29,30). The largest absolute Gasteiger partial charge is 0.381 e. The second kappa shape index (κ2) is 9.01. The molecule has 2 aliphatic rings. The van der Waals surface area contributed by atoms with Crippen molar-refractivity contribution in [3.8, 4) is 17.3 Å². The van der Waals surface area contributed by atoms with E-state index in [2.05, 4.69) is 16.0 Å². The smallest absolute Gasteiger partial charge is 0.253 e. The van der Waals surface area contributed by atoms with E-state index >= 15 is 0 Å². The van der Waals surface area contributed by atoms with Crippen LogP contribution >= 0.6 is 11.6 Å². The Morgan fingerprint density at radius 3 is 2.58 bits per heavy atom. The molecular weight excluding hydrogens is 436 g/mol. The summed E-state index contributed by atoms with van der Waals surface area (Å²) in [6.07, 6.45) is 1.85. The van der Waals surface area contributed by atoms with Gasteiger partial charge in [-0.05, 0) is 55.2 Å². The van der Waals surface area contributed by atoms with E-state index in [4.69, 9.17) is 21.6 Å². The summed E-state index contributed by atoms with van der Waals surface area (Å²) in [5.41, 5.74) is 5.16. The number of H-pyrrole nitrogens is 1. The third kappa shape index (κ3) is 4.27. The number of rotatable bonds is 4. The number of benzene rings is 2. The van der Waals surface area contributed by atoms with Gasteiger partial charge in [0, 0.05) is 49.3 Å². The number of halogens is 1. The number of nitrogens with zero attached hydrogens (tertiary/aromatic N) is 3. The van der Waals surface area contributed by atoms with Crippen LogP contribution in [-0.2, 0) is 4.74 Å². The number of hydrogen-bond acceptors (Lipinski definition) is 4. The van der Waals surface area contributed by atoms with Gasteiger partial charge >= 0.3 is 0 Å². The second-order valence-electron chi connectivity index (χ2n) is 8.85. The van der Waals surface area contributed by atoms with Gasteiger partial charge in [0.25, 0.3) is 5.91 Å². The first-order chi connectivity index (χ1) is 16.0. The molecule has 1 N–H and O–H groups in total. The van der Waals surface area contributed by atoms with Gasteiger partial charge in [-0.25, -0.2) is 4.98 Å². The van der Waals surface area contributed by atoms with Crippen LogP contribution in [0.1, 0.15) is 57.6 Å². The minimum absolute atomic E-state index is 0.0152. The summed E-state index contributed by atoms with van der Waals surface area (Å²) in [6.45, 7) is 4.83. The molecule has 3 aromatic rings. The molecule has 1 aromatic heterocycles. The van der Waals surface area contributed by atoms with Gasteiger partial charge in [-0.3, -0.25) is 4.79 Å². The molecule has 0 unspecified atom stereocenters. The molecule has 6 nitrogen and oxygen atoms in total. The Morgan fingerprint density at radius 1 is 1.15 bits per heavy atom. The van der Waals surface area contributed by atoms with Gasteiger partial charge in [-0.1, -0.05) is 29.8 Å². The van der Waals surface area contributed by atoms with Crippen LogP contribution in [-0.4, -0.2) is 47.1 Å². The molecule has 0 bridgehead atoms. The second-order valence-corrected chi connectivity index (χ2v) is 9.20. The number of amides is 1. The van der Waals surface area contributed by atoms with Crippen molar-refractivity contribution in [3.63, 3.8) is 0 Å². The van der Waals surface area contributed by atoms with E-state index in [-0.39, 0.29) is 5.91 Å². The average molecular weight is 461 g/mol. The molecule has 0 aliphatic carbocycles. The van der Waals surface area contributed by atoms with Crippen molar-refractivity contribution in [1.29, 1.82) is 5.26 Å². The zero-order valence-corrected chi connectivity index (χ0v) is 19.2. The molecule has 2 fully saturated rings. The van der Waals surface area contributed by atoms with Crippen LogP contribution < -0.4 is 0 Å². The summed E-state index contributed by atoms with van der Waals surface area (Å²) in [5.74, 6) is 1.52. The van der Waals surface area contributed by atoms with Crippen molar-refractivity contribution >= 4 is 17.5 Å². The number of nitrogens with one attached hydrogen (secondary N) is 1. The lowest BCUT2D eigenvalue weighted by atomic mass is 9.90. The van der Waals surface area contributed by atoms with E-state index in [1.807, 2.05) is 54.3 Å². The fourth-order valence-corrected chi connectivity index (χ4v) is 4.84. The molecule has 3 heterocycles. The lowest BCUT2D eigenvalue weighted by Crippen LogP contribution is -2.48. The predicted octanol–water partition coefficient (Wildman–Crippen LogP) is 5.04. The van der Waals surface area contributed by atoms with Gasteiger partial charge < -0.3 is 14.6 Å². The van der Waals surface area contributed by atoms with Crippen LogP contribution in [0.25, 0.3) is 11.3 Å². The average Bonchev–Trinajstić information content (AvgIpc) is 3.20. The highest BCUT2D eigenvalue weighted by Crippen LogP contribution is 2.34. The Labute approximate surface area is 198 Å². The van der Waals surface area contributed by atoms with Crippen molar-refractivity contribution in [2.75, 3.05) is 26.3 Å². The summed E-state index contributed by atoms with van der Waals surface area (Å²) >= 11 is 6.52. The van der Waals surface area contributed by atoms with E-state index in [0.29, 0.717) is 41.2 Å². The van der Waals surface area contributed by atoms with Gasteiger partial charge in [0.2, 0.25) is 0 Å². The topological polar surface area (TPSA) is 82.0 Å². The van der Waals surface area contributed by atoms with Crippen molar-refractivity contribution in [3.05, 3.63) is 75.7 Å². The van der Waals surface area contributed by atoms with E-state index in [1.54, 1.807) is 0 Å². The van der Waals surface area contributed by atoms with Gasteiger partial charge in [-0.2, -0.15) is 5.26 Å². The van der Waals surface area contributed by atoms with E-state index in [9.17, 15) is 4.79 Å². The normalized spacial score (nSPS) is 16.9. The van der Waals surface area contributed by atoms with Gasteiger partial charge in [0.15, 0.2) is 5.15 Å².